The quantitative estimate of drug-likeness (QED) is 0.916. The molecule has 2 aromatic rings. The smallest absolute Gasteiger partial charge is 0.161 e. The van der Waals surface area contributed by atoms with E-state index in [0.717, 1.165) is 24.5 Å². The molecule has 0 fully saturated rings. The molecule has 0 amide bonds. The van der Waals surface area contributed by atoms with Gasteiger partial charge in [0.25, 0.3) is 0 Å². The third-order valence-corrected chi connectivity index (χ3v) is 3.62. The number of hydrogen-bond acceptors (Lipinski definition) is 4. The van der Waals surface area contributed by atoms with Gasteiger partial charge < -0.3 is 14.8 Å². The van der Waals surface area contributed by atoms with Crippen LogP contribution in [-0.4, -0.2) is 30.3 Å². The van der Waals surface area contributed by atoms with Crippen molar-refractivity contribution < 1.29 is 9.47 Å². The van der Waals surface area contributed by atoms with E-state index in [1.54, 1.807) is 6.20 Å². The molecule has 1 aromatic carbocycles. The summed E-state index contributed by atoms with van der Waals surface area (Å²) in [7, 11) is 0. The van der Waals surface area contributed by atoms with E-state index in [2.05, 4.69) is 23.3 Å². The lowest BCUT2D eigenvalue weighted by Crippen LogP contribution is -2.49. The van der Waals surface area contributed by atoms with Crippen LogP contribution in [0.25, 0.3) is 0 Å². The zero-order valence-corrected chi connectivity index (χ0v) is 12.2. The lowest BCUT2D eigenvalue weighted by atomic mass is 10.0. The molecule has 1 aromatic heterocycles. The Bertz CT molecular complexity index is 574. The molecule has 0 bridgehead atoms. The van der Waals surface area contributed by atoms with Gasteiger partial charge in [-0.2, -0.15) is 0 Å². The molecule has 2 atom stereocenters. The van der Waals surface area contributed by atoms with Gasteiger partial charge in [0.1, 0.15) is 12.7 Å². The molecule has 2 unspecified atom stereocenters. The normalized spacial score (nSPS) is 18.2. The molecular weight excluding hydrogens is 264 g/mol. The van der Waals surface area contributed by atoms with E-state index in [-0.39, 0.29) is 12.1 Å². The fraction of sp³-hybridized carbons (Fsp3) is 0.353. The summed E-state index contributed by atoms with van der Waals surface area (Å²) in [5.41, 5.74) is 1.20. The molecule has 0 aliphatic carbocycles. The van der Waals surface area contributed by atoms with E-state index in [4.69, 9.17) is 9.47 Å². The van der Waals surface area contributed by atoms with E-state index < -0.39 is 0 Å². The molecule has 4 heteroatoms. The Kier molecular flexibility index (Phi) is 4.36. The van der Waals surface area contributed by atoms with E-state index in [0.29, 0.717) is 6.61 Å². The van der Waals surface area contributed by atoms with E-state index in [1.807, 2.05) is 36.5 Å². The van der Waals surface area contributed by atoms with Crippen LogP contribution in [0.2, 0.25) is 0 Å². The number of hydrogen-bond donors (Lipinski definition) is 1. The monoisotopic (exact) mass is 284 g/mol. The van der Waals surface area contributed by atoms with E-state index in [1.165, 1.54) is 5.56 Å². The maximum Gasteiger partial charge on any atom is 0.161 e. The summed E-state index contributed by atoms with van der Waals surface area (Å²) >= 11 is 0. The van der Waals surface area contributed by atoms with E-state index >= 15 is 0 Å². The summed E-state index contributed by atoms with van der Waals surface area (Å²) in [4.78, 5) is 4.18. The number of likely N-dealkylation sites (N-methyl/N-ethyl adjacent to an activating group) is 1. The lowest BCUT2D eigenvalue weighted by Gasteiger charge is -2.32. The molecule has 0 saturated heterocycles. The van der Waals surface area contributed by atoms with Crippen molar-refractivity contribution in [3.05, 3.63) is 54.4 Å². The molecule has 3 rings (SSSR count). The summed E-state index contributed by atoms with van der Waals surface area (Å²) in [6, 6.07) is 12.1. The first-order valence-corrected chi connectivity index (χ1v) is 7.37. The van der Waals surface area contributed by atoms with Crippen molar-refractivity contribution in [2.24, 2.45) is 0 Å². The third-order valence-electron chi connectivity index (χ3n) is 3.62. The van der Waals surface area contributed by atoms with Gasteiger partial charge in [-0.25, -0.2) is 0 Å². The summed E-state index contributed by atoms with van der Waals surface area (Å²) in [6.45, 7) is 3.56. The third kappa shape index (κ3) is 3.34. The fourth-order valence-corrected chi connectivity index (χ4v) is 2.60. The molecule has 1 aliphatic heterocycles. The maximum absolute atomic E-state index is 6.11. The van der Waals surface area contributed by atoms with Crippen LogP contribution in [0.5, 0.6) is 11.5 Å². The summed E-state index contributed by atoms with van der Waals surface area (Å²) in [6.07, 6.45) is 4.57. The average molecular weight is 284 g/mol. The first-order valence-electron chi connectivity index (χ1n) is 7.37. The van der Waals surface area contributed by atoms with Crippen LogP contribution in [-0.2, 0) is 6.42 Å². The van der Waals surface area contributed by atoms with Crippen molar-refractivity contribution in [2.45, 2.75) is 25.5 Å². The number of aromatic nitrogens is 1. The zero-order valence-electron chi connectivity index (χ0n) is 12.2. The van der Waals surface area contributed by atoms with Gasteiger partial charge in [0.2, 0.25) is 0 Å². The Balaban J connectivity index is 1.73. The van der Waals surface area contributed by atoms with Crippen molar-refractivity contribution in [2.75, 3.05) is 13.2 Å². The maximum atomic E-state index is 6.11. The van der Waals surface area contributed by atoms with Gasteiger partial charge in [-0.3, -0.25) is 4.98 Å². The standard InChI is InChI=1S/C17H20N2O2/c1-2-19-14(10-13-6-5-9-18-11-13)17-12-20-15-7-3-4-8-16(15)21-17/h3-9,11,14,17,19H,2,10,12H2,1H3. The average Bonchev–Trinajstić information content (AvgIpc) is 2.55. The first-order chi connectivity index (χ1) is 10.4. The Hall–Kier alpha value is -2.07. The van der Waals surface area contributed by atoms with Crippen LogP contribution in [0.15, 0.2) is 48.8 Å². The van der Waals surface area contributed by atoms with Crippen molar-refractivity contribution in [1.82, 2.24) is 10.3 Å². The molecule has 0 saturated carbocycles. The summed E-state index contributed by atoms with van der Waals surface area (Å²) in [5.74, 6) is 1.65. The van der Waals surface area contributed by atoms with Gasteiger partial charge >= 0.3 is 0 Å². The Morgan fingerprint density at radius 3 is 2.86 bits per heavy atom. The second-order valence-corrected chi connectivity index (χ2v) is 5.14. The van der Waals surface area contributed by atoms with Crippen LogP contribution in [0.3, 0.4) is 0 Å². The Morgan fingerprint density at radius 2 is 2.10 bits per heavy atom. The molecule has 0 radical (unpaired) electrons. The molecule has 1 N–H and O–H groups in total. The highest BCUT2D eigenvalue weighted by Crippen LogP contribution is 2.31. The van der Waals surface area contributed by atoms with Crippen LogP contribution in [0, 0.1) is 0 Å². The Morgan fingerprint density at radius 1 is 1.24 bits per heavy atom. The van der Waals surface area contributed by atoms with Gasteiger partial charge in [0.15, 0.2) is 11.5 Å². The predicted octanol–water partition coefficient (Wildman–Crippen LogP) is 2.44. The van der Waals surface area contributed by atoms with Crippen LogP contribution in [0.1, 0.15) is 12.5 Å². The second-order valence-electron chi connectivity index (χ2n) is 5.14. The minimum absolute atomic E-state index is 0.0000520. The highest BCUT2D eigenvalue weighted by Gasteiger charge is 2.28. The number of benzene rings is 1. The highest BCUT2D eigenvalue weighted by atomic mass is 16.6. The molecule has 4 nitrogen and oxygen atoms in total. The number of nitrogens with zero attached hydrogens (tertiary/aromatic N) is 1. The van der Waals surface area contributed by atoms with Gasteiger partial charge in [-0.15, -0.1) is 0 Å². The zero-order chi connectivity index (χ0) is 14.5. The number of fused-ring (bicyclic) bond motifs is 1. The van der Waals surface area contributed by atoms with Crippen molar-refractivity contribution in [3.8, 4) is 11.5 Å². The predicted molar refractivity (Wildman–Crippen MR) is 81.8 cm³/mol. The van der Waals surface area contributed by atoms with Crippen molar-refractivity contribution in [1.29, 1.82) is 0 Å². The van der Waals surface area contributed by atoms with Crippen molar-refractivity contribution >= 4 is 0 Å². The molecular formula is C17H20N2O2. The number of pyridine rings is 1. The molecule has 0 spiro atoms. The van der Waals surface area contributed by atoms with Gasteiger partial charge in [-0.05, 0) is 36.7 Å². The van der Waals surface area contributed by atoms with E-state index in [9.17, 15) is 0 Å². The van der Waals surface area contributed by atoms with Crippen LogP contribution in [0.4, 0.5) is 0 Å². The number of nitrogens with one attached hydrogen (secondary N) is 1. The number of para-hydroxylation sites is 2. The Labute approximate surface area is 125 Å². The number of rotatable bonds is 5. The largest absolute Gasteiger partial charge is 0.486 e. The topological polar surface area (TPSA) is 43.4 Å². The number of ether oxygens (including phenoxy) is 2. The molecule has 21 heavy (non-hydrogen) atoms. The summed E-state index contributed by atoms with van der Waals surface area (Å²) in [5, 5.41) is 3.50. The first kappa shape index (κ1) is 13.9. The second kappa shape index (κ2) is 6.59. The molecule has 110 valence electrons. The van der Waals surface area contributed by atoms with Gasteiger partial charge in [0, 0.05) is 12.4 Å². The van der Waals surface area contributed by atoms with Crippen molar-refractivity contribution in [3.63, 3.8) is 0 Å². The lowest BCUT2D eigenvalue weighted by molar-refractivity contribution is 0.0624. The minimum atomic E-state index is 0.0000520. The fourth-order valence-electron chi connectivity index (χ4n) is 2.60. The van der Waals surface area contributed by atoms with Crippen LogP contribution < -0.4 is 14.8 Å². The van der Waals surface area contributed by atoms with Gasteiger partial charge in [0.05, 0.1) is 6.04 Å². The molecule has 2 heterocycles. The SMILES string of the molecule is CCNC(Cc1cccnc1)C1COc2ccccc2O1. The highest BCUT2D eigenvalue weighted by molar-refractivity contribution is 5.40. The van der Waals surface area contributed by atoms with Gasteiger partial charge in [-0.1, -0.05) is 25.1 Å². The van der Waals surface area contributed by atoms with Crippen LogP contribution >= 0.6 is 0 Å². The minimum Gasteiger partial charge on any atom is -0.486 e. The summed E-state index contributed by atoms with van der Waals surface area (Å²) < 4.78 is 11.9. The molecule has 1 aliphatic rings.